The van der Waals surface area contributed by atoms with Crippen molar-refractivity contribution in [1.29, 1.82) is 0 Å². The van der Waals surface area contributed by atoms with E-state index in [-0.39, 0.29) is 22.8 Å². The molecule has 15 heavy (non-hydrogen) atoms. The quantitative estimate of drug-likeness (QED) is 0.470. The maximum atomic E-state index is 10.6. The zero-order chi connectivity index (χ0) is 10.8. The summed E-state index contributed by atoms with van der Waals surface area (Å²) in [4.78, 5) is 17.4. The molecule has 0 unspecified atom stereocenters. The van der Waals surface area contributed by atoms with Gasteiger partial charge < -0.3 is 10.1 Å². The lowest BCUT2D eigenvalue weighted by Gasteiger charge is -2.26. The molecule has 7 nitrogen and oxygen atoms in total. The lowest BCUT2D eigenvalue weighted by molar-refractivity contribution is -0.384. The van der Waals surface area contributed by atoms with Crippen LogP contribution in [0.3, 0.4) is 0 Å². The number of aromatic nitrogens is 2. The number of nitrogens with one attached hydrogen (secondary N) is 1. The topological polar surface area (TPSA) is 90.2 Å². The average Bonchev–Trinajstić information content (AvgIpc) is 2.11. The Morgan fingerprint density at radius 1 is 1.67 bits per heavy atom. The summed E-state index contributed by atoms with van der Waals surface area (Å²) in [7, 11) is 0. The van der Waals surface area contributed by atoms with Crippen LogP contribution in [0.5, 0.6) is 0 Å². The highest BCUT2D eigenvalue weighted by Crippen LogP contribution is 2.23. The van der Waals surface area contributed by atoms with Gasteiger partial charge in [-0.3, -0.25) is 10.1 Å². The third kappa shape index (κ3) is 2.13. The van der Waals surface area contributed by atoms with Gasteiger partial charge in [0.2, 0.25) is 11.1 Å². The first kappa shape index (κ1) is 10.1. The third-order valence-electron chi connectivity index (χ3n) is 1.92. The Hall–Kier alpha value is -1.47. The van der Waals surface area contributed by atoms with E-state index in [1.165, 1.54) is 0 Å². The van der Waals surface area contributed by atoms with E-state index in [2.05, 4.69) is 15.3 Å². The number of ether oxygens (including phenoxy) is 1. The summed E-state index contributed by atoms with van der Waals surface area (Å²) in [6.07, 6.45) is 1.08. The molecule has 2 rings (SSSR count). The number of nitro groups is 1. The molecule has 1 aliphatic heterocycles. The molecule has 0 spiro atoms. The van der Waals surface area contributed by atoms with Crippen LogP contribution in [0.1, 0.15) is 0 Å². The van der Waals surface area contributed by atoms with Crippen molar-refractivity contribution in [3.05, 3.63) is 21.6 Å². The van der Waals surface area contributed by atoms with Gasteiger partial charge in [-0.15, -0.1) is 0 Å². The fraction of sp³-hybridized carbons (Fsp3) is 0.429. The molecule has 1 N–H and O–H groups in total. The molecule has 0 aliphatic carbocycles. The molecule has 8 heteroatoms. The van der Waals surface area contributed by atoms with Crippen molar-refractivity contribution in [3.8, 4) is 0 Å². The first-order valence-electron chi connectivity index (χ1n) is 4.18. The van der Waals surface area contributed by atoms with E-state index in [9.17, 15) is 10.1 Å². The smallest absolute Gasteiger partial charge is 0.329 e. The molecule has 0 aromatic carbocycles. The van der Waals surface area contributed by atoms with E-state index >= 15 is 0 Å². The summed E-state index contributed by atoms with van der Waals surface area (Å²) >= 11 is 5.55. The van der Waals surface area contributed by atoms with Gasteiger partial charge in [0.15, 0.2) is 0 Å². The fourth-order valence-electron chi connectivity index (χ4n) is 1.11. The molecule has 1 aromatic heterocycles. The number of halogens is 1. The number of nitrogens with zero attached hydrogens (tertiary/aromatic N) is 3. The summed E-state index contributed by atoms with van der Waals surface area (Å²) in [5.74, 6) is 0.133. The lowest BCUT2D eigenvalue weighted by atomic mass is 10.2. The van der Waals surface area contributed by atoms with Crippen molar-refractivity contribution in [2.45, 2.75) is 6.04 Å². The average molecular weight is 231 g/mol. The molecule has 1 fully saturated rings. The van der Waals surface area contributed by atoms with Gasteiger partial charge in [0.1, 0.15) is 6.20 Å². The lowest BCUT2D eigenvalue weighted by Crippen LogP contribution is -2.40. The van der Waals surface area contributed by atoms with Gasteiger partial charge in [-0.1, -0.05) is 0 Å². The van der Waals surface area contributed by atoms with Crippen LogP contribution < -0.4 is 5.32 Å². The molecule has 1 saturated heterocycles. The second-order valence-electron chi connectivity index (χ2n) is 3.01. The molecule has 0 bridgehead atoms. The first-order valence-corrected chi connectivity index (χ1v) is 4.56. The van der Waals surface area contributed by atoms with Gasteiger partial charge in [0.05, 0.1) is 24.2 Å². The van der Waals surface area contributed by atoms with Gasteiger partial charge in [-0.25, -0.2) is 4.98 Å². The monoisotopic (exact) mass is 230 g/mol. The predicted molar refractivity (Wildman–Crippen MR) is 51.9 cm³/mol. The largest absolute Gasteiger partial charge is 0.377 e. The Labute approximate surface area is 89.6 Å². The van der Waals surface area contributed by atoms with Crippen LogP contribution in [-0.4, -0.2) is 34.1 Å². The van der Waals surface area contributed by atoms with Crippen LogP contribution in [0, 0.1) is 10.1 Å². The molecular weight excluding hydrogens is 224 g/mol. The SMILES string of the molecule is O=[N+]([O-])c1cnc(Cl)nc1NC1COC1. The van der Waals surface area contributed by atoms with Crippen molar-refractivity contribution in [2.75, 3.05) is 18.5 Å². The highest BCUT2D eigenvalue weighted by atomic mass is 35.5. The minimum Gasteiger partial charge on any atom is -0.377 e. The van der Waals surface area contributed by atoms with Crippen LogP contribution in [0.15, 0.2) is 6.20 Å². The van der Waals surface area contributed by atoms with E-state index in [1.807, 2.05) is 0 Å². The Morgan fingerprint density at radius 3 is 2.93 bits per heavy atom. The van der Waals surface area contributed by atoms with Crippen LogP contribution in [0.2, 0.25) is 5.28 Å². The van der Waals surface area contributed by atoms with Gasteiger partial charge >= 0.3 is 5.69 Å². The molecule has 0 radical (unpaired) electrons. The zero-order valence-corrected chi connectivity index (χ0v) is 8.27. The van der Waals surface area contributed by atoms with Crippen LogP contribution in [0.25, 0.3) is 0 Å². The Bertz CT molecular complexity index is 396. The highest BCUT2D eigenvalue weighted by molar-refractivity contribution is 6.28. The highest BCUT2D eigenvalue weighted by Gasteiger charge is 2.24. The number of hydrogen-bond donors (Lipinski definition) is 1. The van der Waals surface area contributed by atoms with Gasteiger partial charge in [0, 0.05) is 0 Å². The molecule has 0 saturated carbocycles. The third-order valence-corrected chi connectivity index (χ3v) is 2.10. The molecule has 1 aliphatic rings. The molecule has 1 aromatic rings. The second-order valence-corrected chi connectivity index (χ2v) is 3.35. The molecule has 0 atom stereocenters. The molecule has 80 valence electrons. The fourth-order valence-corrected chi connectivity index (χ4v) is 1.24. The van der Waals surface area contributed by atoms with Gasteiger partial charge in [-0.05, 0) is 11.6 Å². The minimum atomic E-state index is -0.557. The number of anilines is 1. The molecular formula is C7H7ClN4O3. The van der Waals surface area contributed by atoms with Crippen molar-refractivity contribution >= 4 is 23.1 Å². The summed E-state index contributed by atoms with van der Waals surface area (Å²) < 4.78 is 4.93. The molecule has 2 heterocycles. The van der Waals surface area contributed by atoms with Crippen LogP contribution in [0.4, 0.5) is 11.5 Å². The number of rotatable bonds is 3. The number of hydrogen-bond acceptors (Lipinski definition) is 6. The minimum absolute atomic E-state index is 0.0247. The van der Waals surface area contributed by atoms with E-state index in [4.69, 9.17) is 16.3 Å². The van der Waals surface area contributed by atoms with E-state index in [0.717, 1.165) is 6.20 Å². The van der Waals surface area contributed by atoms with Gasteiger partial charge in [-0.2, -0.15) is 4.98 Å². The second kappa shape index (κ2) is 3.95. The van der Waals surface area contributed by atoms with Crippen molar-refractivity contribution in [2.24, 2.45) is 0 Å². The Balaban J connectivity index is 2.24. The maximum absolute atomic E-state index is 10.6. The Kier molecular flexibility index (Phi) is 2.65. The van der Waals surface area contributed by atoms with Crippen LogP contribution >= 0.6 is 11.6 Å². The van der Waals surface area contributed by atoms with Crippen molar-refractivity contribution < 1.29 is 9.66 Å². The normalized spacial score (nSPS) is 15.8. The van der Waals surface area contributed by atoms with E-state index < -0.39 is 4.92 Å². The molecule has 0 amide bonds. The summed E-state index contributed by atoms with van der Waals surface area (Å²) in [6, 6.07) is 0.0506. The van der Waals surface area contributed by atoms with E-state index in [1.54, 1.807) is 0 Å². The summed E-state index contributed by atoms with van der Waals surface area (Å²) in [5, 5.41) is 13.5. The van der Waals surface area contributed by atoms with Gasteiger partial charge in [0.25, 0.3) is 0 Å². The van der Waals surface area contributed by atoms with Crippen LogP contribution in [-0.2, 0) is 4.74 Å². The summed E-state index contributed by atoms with van der Waals surface area (Å²) in [6.45, 7) is 1.03. The van der Waals surface area contributed by atoms with Crippen molar-refractivity contribution in [3.63, 3.8) is 0 Å². The maximum Gasteiger partial charge on any atom is 0.329 e. The Morgan fingerprint density at radius 2 is 2.40 bits per heavy atom. The predicted octanol–water partition coefficient (Wildman–Crippen LogP) is 0.849. The standard InChI is InChI=1S/C7H7ClN4O3/c8-7-9-1-5(12(13)14)6(11-7)10-4-2-15-3-4/h1,4H,2-3H2,(H,9,10,11). The first-order chi connectivity index (χ1) is 7.16. The van der Waals surface area contributed by atoms with E-state index in [0.29, 0.717) is 13.2 Å². The summed E-state index contributed by atoms with van der Waals surface area (Å²) in [5.41, 5.74) is -0.189. The zero-order valence-electron chi connectivity index (χ0n) is 7.51. The van der Waals surface area contributed by atoms with Crippen molar-refractivity contribution in [1.82, 2.24) is 9.97 Å².